The second kappa shape index (κ2) is 9.23. The van der Waals surface area contributed by atoms with Crippen LogP contribution in [-0.2, 0) is 20.7 Å². The Bertz CT molecular complexity index is 1450. The number of aromatic nitrogens is 1. The summed E-state index contributed by atoms with van der Waals surface area (Å²) in [6.07, 6.45) is 2.43. The van der Waals surface area contributed by atoms with E-state index >= 15 is 0 Å². The van der Waals surface area contributed by atoms with Crippen molar-refractivity contribution in [3.8, 4) is 0 Å². The van der Waals surface area contributed by atoms with Crippen molar-refractivity contribution in [3.05, 3.63) is 99.4 Å². The van der Waals surface area contributed by atoms with Crippen LogP contribution >= 0.6 is 11.3 Å². The number of para-hydroxylation sites is 1. The minimum Gasteiger partial charge on any atom is -0.507 e. The van der Waals surface area contributed by atoms with Gasteiger partial charge in [0.2, 0.25) is 0 Å². The molecule has 8 heteroatoms. The Hall–Kier alpha value is -4.17. The standard InChI is InChI=1S/C27H22N2O5S/c1-34-27(33)17-8-6-16(7-9-17)23-22(24(30)19-11-13-35-15-19)25(31)26(32)29(23)12-10-18-14-28-21-5-3-2-4-20(18)21/h2-9,11,13-15,23,28,30H,10,12H2,1H3/b24-22-. The lowest BCUT2D eigenvalue weighted by Crippen LogP contribution is -2.31. The summed E-state index contributed by atoms with van der Waals surface area (Å²) < 4.78 is 4.77. The van der Waals surface area contributed by atoms with Gasteiger partial charge in [-0.15, -0.1) is 0 Å². The number of H-pyrrole nitrogens is 1. The van der Waals surface area contributed by atoms with Gasteiger partial charge in [-0.3, -0.25) is 9.59 Å². The molecule has 1 unspecified atom stereocenters. The summed E-state index contributed by atoms with van der Waals surface area (Å²) in [5.74, 6) is -2.08. The summed E-state index contributed by atoms with van der Waals surface area (Å²) in [5.41, 5.74) is 3.52. The Morgan fingerprint density at radius 3 is 2.57 bits per heavy atom. The number of nitrogens with one attached hydrogen (secondary N) is 1. The van der Waals surface area contributed by atoms with Crippen LogP contribution in [0.4, 0.5) is 0 Å². The fourth-order valence-electron chi connectivity index (χ4n) is 4.51. The van der Waals surface area contributed by atoms with Crippen molar-refractivity contribution in [3.63, 3.8) is 0 Å². The number of carbonyl (C=O) groups excluding carboxylic acids is 3. The molecule has 7 nitrogen and oxygen atoms in total. The number of amides is 1. The van der Waals surface area contributed by atoms with Gasteiger partial charge in [0.05, 0.1) is 24.3 Å². The predicted octanol–water partition coefficient (Wildman–Crippen LogP) is 4.68. The minimum absolute atomic E-state index is 0.0399. The molecule has 0 radical (unpaired) electrons. The highest BCUT2D eigenvalue weighted by Gasteiger charge is 2.46. The summed E-state index contributed by atoms with van der Waals surface area (Å²) in [6.45, 7) is 0.274. The van der Waals surface area contributed by atoms with Crippen LogP contribution in [-0.4, -0.2) is 46.3 Å². The first-order valence-corrected chi connectivity index (χ1v) is 12.0. The fourth-order valence-corrected chi connectivity index (χ4v) is 5.15. The van der Waals surface area contributed by atoms with Gasteiger partial charge in [0.25, 0.3) is 11.7 Å². The molecular formula is C27H22N2O5S. The molecule has 0 spiro atoms. The van der Waals surface area contributed by atoms with E-state index in [-0.39, 0.29) is 17.9 Å². The van der Waals surface area contributed by atoms with E-state index in [1.807, 2.05) is 30.5 Å². The number of thiophene rings is 1. The second-order valence-electron chi connectivity index (χ2n) is 8.23. The van der Waals surface area contributed by atoms with Crippen LogP contribution in [0.5, 0.6) is 0 Å². The zero-order valence-electron chi connectivity index (χ0n) is 18.9. The zero-order chi connectivity index (χ0) is 24.5. The summed E-state index contributed by atoms with van der Waals surface area (Å²) in [6, 6.07) is 15.4. The lowest BCUT2D eigenvalue weighted by molar-refractivity contribution is -0.139. The fraction of sp³-hybridized carbons (Fsp3) is 0.148. The topological polar surface area (TPSA) is 99.7 Å². The van der Waals surface area contributed by atoms with Gasteiger partial charge in [0.15, 0.2) is 0 Å². The molecule has 1 atom stereocenters. The number of esters is 1. The molecule has 2 N–H and O–H groups in total. The molecule has 1 saturated heterocycles. The van der Waals surface area contributed by atoms with E-state index in [0.29, 0.717) is 23.1 Å². The molecule has 0 aliphatic carbocycles. The highest BCUT2D eigenvalue weighted by molar-refractivity contribution is 7.08. The van der Waals surface area contributed by atoms with Crippen LogP contribution in [0.3, 0.4) is 0 Å². The van der Waals surface area contributed by atoms with Crippen molar-refractivity contribution >= 4 is 45.7 Å². The predicted molar refractivity (Wildman–Crippen MR) is 133 cm³/mol. The average molecular weight is 487 g/mol. The number of ether oxygens (including phenoxy) is 1. The maximum Gasteiger partial charge on any atom is 0.337 e. The third-order valence-electron chi connectivity index (χ3n) is 6.28. The molecule has 0 saturated carbocycles. The van der Waals surface area contributed by atoms with E-state index in [0.717, 1.165) is 16.5 Å². The van der Waals surface area contributed by atoms with Gasteiger partial charge in [-0.1, -0.05) is 30.3 Å². The molecule has 0 bridgehead atoms. The monoisotopic (exact) mass is 486 g/mol. The van der Waals surface area contributed by atoms with E-state index in [4.69, 9.17) is 4.74 Å². The Balaban J connectivity index is 1.55. The third-order valence-corrected chi connectivity index (χ3v) is 6.96. The van der Waals surface area contributed by atoms with E-state index in [1.165, 1.54) is 23.3 Å². The highest BCUT2D eigenvalue weighted by atomic mass is 32.1. The number of aromatic amines is 1. The van der Waals surface area contributed by atoms with Crippen LogP contribution in [0.2, 0.25) is 0 Å². The van der Waals surface area contributed by atoms with Crippen molar-refractivity contribution in [1.82, 2.24) is 9.88 Å². The number of hydrogen-bond acceptors (Lipinski definition) is 6. The van der Waals surface area contributed by atoms with Crippen molar-refractivity contribution < 1.29 is 24.2 Å². The quantitative estimate of drug-likeness (QED) is 0.178. The number of rotatable bonds is 6. The van der Waals surface area contributed by atoms with E-state index in [2.05, 4.69) is 4.98 Å². The number of aliphatic hydroxyl groups excluding tert-OH is 1. The van der Waals surface area contributed by atoms with Crippen LogP contribution in [0, 0.1) is 0 Å². The average Bonchev–Trinajstić information content (AvgIpc) is 3.62. The van der Waals surface area contributed by atoms with Gasteiger partial charge in [0.1, 0.15) is 5.76 Å². The molecule has 5 rings (SSSR count). The number of fused-ring (bicyclic) bond motifs is 1. The molecule has 35 heavy (non-hydrogen) atoms. The number of benzene rings is 2. The number of nitrogens with zero attached hydrogens (tertiary/aromatic N) is 1. The lowest BCUT2D eigenvalue weighted by Gasteiger charge is -2.25. The van der Waals surface area contributed by atoms with Crippen LogP contribution in [0.15, 0.2) is 77.1 Å². The minimum atomic E-state index is -0.785. The normalized spacial score (nSPS) is 17.3. The maximum atomic E-state index is 13.2. The number of carbonyl (C=O) groups is 3. The third kappa shape index (κ3) is 4.02. The van der Waals surface area contributed by atoms with Gasteiger partial charge in [-0.25, -0.2) is 4.79 Å². The number of likely N-dealkylation sites (tertiary alicyclic amines) is 1. The number of aliphatic hydroxyl groups is 1. The number of ketones is 1. The van der Waals surface area contributed by atoms with Gasteiger partial charge in [0, 0.05) is 34.6 Å². The van der Waals surface area contributed by atoms with Crippen LogP contribution in [0.25, 0.3) is 16.7 Å². The van der Waals surface area contributed by atoms with Gasteiger partial charge < -0.3 is 19.7 Å². The van der Waals surface area contributed by atoms with Crippen molar-refractivity contribution in [2.24, 2.45) is 0 Å². The summed E-state index contributed by atoms with van der Waals surface area (Å²) in [5, 5.41) is 15.6. The van der Waals surface area contributed by atoms with Gasteiger partial charge >= 0.3 is 5.97 Å². The highest BCUT2D eigenvalue weighted by Crippen LogP contribution is 2.40. The Morgan fingerprint density at radius 1 is 1.09 bits per heavy atom. The molecule has 1 aliphatic heterocycles. The molecule has 2 aromatic heterocycles. The Labute approximate surface area is 205 Å². The first-order chi connectivity index (χ1) is 17.0. The van der Waals surface area contributed by atoms with Crippen LogP contribution < -0.4 is 0 Å². The molecule has 2 aromatic carbocycles. The lowest BCUT2D eigenvalue weighted by atomic mass is 9.95. The number of methoxy groups -OCH3 is 1. The van der Waals surface area contributed by atoms with Gasteiger partial charge in [-0.05, 0) is 47.2 Å². The molecule has 1 fully saturated rings. The Morgan fingerprint density at radius 2 is 1.86 bits per heavy atom. The molecular weight excluding hydrogens is 464 g/mol. The van der Waals surface area contributed by atoms with E-state index in [1.54, 1.807) is 41.1 Å². The molecule has 3 heterocycles. The summed E-state index contributed by atoms with van der Waals surface area (Å²) in [4.78, 5) is 42.9. The van der Waals surface area contributed by atoms with Crippen LogP contribution in [0.1, 0.15) is 33.1 Å². The Kier molecular flexibility index (Phi) is 5.96. The smallest absolute Gasteiger partial charge is 0.337 e. The zero-order valence-corrected chi connectivity index (χ0v) is 19.7. The second-order valence-corrected chi connectivity index (χ2v) is 9.01. The maximum absolute atomic E-state index is 13.2. The first-order valence-electron chi connectivity index (χ1n) is 11.0. The first kappa shape index (κ1) is 22.6. The SMILES string of the molecule is COC(=O)c1ccc(C2/C(=C(/O)c3ccsc3)C(=O)C(=O)N2CCc2c[nH]c3ccccc23)cc1. The number of Topliss-reactive ketones (excluding diaryl/α,β-unsaturated/α-hetero) is 1. The van der Waals surface area contributed by atoms with Crippen molar-refractivity contribution in [1.29, 1.82) is 0 Å². The summed E-state index contributed by atoms with van der Waals surface area (Å²) >= 11 is 1.38. The van der Waals surface area contributed by atoms with E-state index in [9.17, 15) is 19.5 Å². The van der Waals surface area contributed by atoms with E-state index < -0.39 is 23.7 Å². The van der Waals surface area contributed by atoms with Crippen molar-refractivity contribution in [2.45, 2.75) is 12.5 Å². The molecule has 176 valence electrons. The molecule has 4 aromatic rings. The number of hydrogen-bond donors (Lipinski definition) is 2. The van der Waals surface area contributed by atoms with Crippen molar-refractivity contribution in [2.75, 3.05) is 13.7 Å². The largest absolute Gasteiger partial charge is 0.507 e. The molecule has 1 aliphatic rings. The van der Waals surface area contributed by atoms with Gasteiger partial charge in [-0.2, -0.15) is 11.3 Å². The molecule has 1 amide bonds. The summed E-state index contributed by atoms with van der Waals surface area (Å²) in [7, 11) is 1.30.